The van der Waals surface area contributed by atoms with Crippen molar-refractivity contribution in [3.05, 3.63) is 93.1 Å². The van der Waals surface area contributed by atoms with Gasteiger partial charge in [0.15, 0.2) is 0 Å². The van der Waals surface area contributed by atoms with Crippen molar-refractivity contribution in [2.75, 3.05) is 12.3 Å². The van der Waals surface area contributed by atoms with E-state index in [1.54, 1.807) is 30.5 Å². The van der Waals surface area contributed by atoms with Crippen molar-refractivity contribution in [1.82, 2.24) is 15.6 Å². The number of anilines is 1. The molecule has 33 heavy (non-hydrogen) atoms. The van der Waals surface area contributed by atoms with Gasteiger partial charge in [0.05, 0.1) is 22.6 Å². The third-order valence-electron chi connectivity index (χ3n) is 5.23. The summed E-state index contributed by atoms with van der Waals surface area (Å²) in [6.07, 6.45) is 1.99. The molecular weight excluding hydrogens is 459 g/mol. The van der Waals surface area contributed by atoms with Gasteiger partial charge in [0, 0.05) is 30.9 Å². The quantitative estimate of drug-likeness (QED) is 0.345. The van der Waals surface area contributed by atoms with E-state index < -0.39 is 6.10 Å². The number of halogens is 2. The molecule has 1 aromatic heterocycles. The minimum Gasteiger partial charge on any atom is -0.387 e. The fraction of sp³-hybridized carbons (Fsp3) is 0.280. The van der Waals surface area contributed by atoms with E-state index in [-0.39, 0.29) is 11.9 Å². The molecule has 0 saturated heterocycles. The Balaban J connectivity index is 1.46. The molecule has 0 radical (unpaired) electrons. The van der Waals surface area contributed by atoms with Crippen LogP contribution in [0.1, 0.15) is 35.3 Å². The first-order valence-corrected chi connectivity index (χ1v) is 11.5. The van der Waals surface area contributed by atoms with Crippen molar-refractivity contribution in [2.24, 2.45) is 0 Å². The second kappa shape index (κ2) is 12.0. The molecule has 0 aliphatic heterocycles. The zero-order valence-corrected chi connectivity index (χ0v) is 19.9. The summed E-state index contributed by atoms with van der Waals surface area (Å²) in [5, 5.41) is 17.5. The van der Waals surface area contributed by atoms with Gasteiger partial charge >= 0.3 is 0 Å². The maximum Gasteiger partial charge on any atom is 0.224 e. The Kier molecular flexibility index (Phi) is 9.09. The first-order chi connectivity index (χ1) is 15.8. The smallest absolute Gasteiger partial charge is 0.224 e. The average molecular weight is 487 g/mol. The SMILES string of the molecule is C[C@H](Cc1cccc(CC(=O)NCc2ccc(Cl)c(Cl)c2)c1)NC[C@H](O)c1ccc(N)nc1. The van der Waals surface area contributed by atoms with Crippen LogP contribution in [0.15, 0.2) is 60.8 Å². The van der Waals surface area contributed by atoms with Crippen LogP contribution in [0.4, 0.5) is 5.82 Å². The van der Waals surface area contributed by atoms with Gasteiger partial charge < -0.3 is 21.5 Å². The Labute approximate surface area is 204 Å². The highest BCUT2D eigenvalue weighted by Gasteiger charge is 2.11. The summed E-state index contributed by atoms with van der Waals surface area (Å²) in [6.45, 7) is 2.86. The first kappa shape index (κ1) is 25.0. The van der Waals surface area contributed by atoms with Gasteiger partial charge in [-0.1, -0.05) is 59.6 Å². The van der Waals surface area contributed by atoms with Crippen molar-refractivity contribution in [3.8, 4) is 0 Å². The van der Waals surface area contributed by atoms with E-state index in [0.717, 1.165) is 28.7 Å². The first-order valence-electron chi connectivity index (χ1n) is 10.7. The van der Waals surface area contributed by atoms with Crippen molar-refractivity contribution in [1.29, 1.82) is 0 Å². The summed E-state index contributed by atoms with van der Waals surface area (Å²) in [5.74, 6) is 0.361. The van der Waals surface area contributed by atoms with E-state index in [2.05, 4.69) is 22.5 Å². The number of hydrogen-bond acceptors (Lipinski definition) is 5. The summed E-state index contributed by atoms with van der Waals surface area (Å²) in [4.78, 5) is 16.4. The lowest BCUT2D eigenvalue weighted by molar-refractivity contribution is -0.120. The number of aliphatic hydroxyl groups is 1. The van der Waals surface area contributed by atoms with E-state index in [1.165, 1.54) is 0 Å². The normalized spacial score (nSPS) is 12.8. The monoisotopic (exact) mass is 486 g/mol. The van der Waals surface area contributed by atoms with Gasteiger partial charge in [-0.15, -0.1) is 0 Å². The lowest BCUT2D eigenvalue weighted by Gasteiger charge is -2.18. The molecule has 0 aliphatic carbocycles. The highest BCUT2D eigenvalue weighted by atomic mass is 35.5. The van der Waals surface area contributed by atoms with Crippen molar-refractivity contribution in [3.63, 3.8) is 0 Å². The summed E-state index contributed by atoms with van der Waals surface area (Å²) in [5.41, 5.74) is 9.26. The minimum absolute atomic E-state index is 0.0652. The molecule has 6 nitrogen and oxygen atoms in total. The van der Waals surface area contributed by atoms with Crippen LogP contribution in [0.5, 0.6) is 0 Å². The van der Waals surface area contributed by atoms with E-state index in [9.17, 15) is 9.90 Å². The molecule has 174 valence electrons. The number of pyridine rings is 1. The minimum atomic E-state index is -0.661. The Bertz CT molecular complexity index is 1080. The van der Waals surface area contributed by atoms with Crippen molar-refractivity contribution >= 4 is 34.9 Å². The predicted molar refractivity (Wildman–Crippen MR) is 133 cm³/mol. The van der Waals surface area contributed by atoms with Crippen LogP contribution in [0.25, 0.3) is 0 Å². The number of benzene rings is 2. The number of aromatic nitrogens is 1. The molecule has 3 aromatic rings. The highest BCUT2D eigenvalue weighted by molar-refractivity contribution is 6.42. The zero-order chi connectivity index (χ0) is 23.8. The molecule has 2 atom stereocenters. The Morgan fingerprint density at radius 3 is 2.58 bits per heavy atom. The fourth-order valence-electron chi connectivity index (χ4n) is 3.43. The number of aliphatic hydroxyl groups excluding tert-OH is 1. The Morgan fingerprint density at radius 2 is 1.85 bits per heavy atom. The molecule has 5 N–H and O–H groups in total. The number of nitrogens with two attached hydrogens (primary N) is 1. The number of carbonyl (C=O) groups is 1. The van der Waals surface area contributed by atoms with Crippen LogP contribution in [0.2, 0.25) is 10.0 Å². The molecule has 1 heterocycles. The summed E-state index contributed by atoms with van der Waals surface area (Å²) < 4.78 is 0. The van der Waals surface area contributed by atoms with Crippen LogP contribution in [-0.4, -0.2) is 28.6 Å². The molecular formula is C25H28Cl2N4O2. The average Bonchev–Trinajstić information content (AvgIpc) is 2.79. The standard InChI is InChI=1S/C25H28Cl2N4O2/c1-16(29-15-23(32)20-6-8-24(28)30-14-20)9-17-3-2-4-18(10-17)12-25(33)31-13-19-5-7-21(26)22(27)11-19/h2-8,10-11,14,16,23,29,32H,9,12-13,15H2,1H3,(H2,28,30)(H,31,33)/t16-,23+/m1/s1. The molecule has 1 amide bonds. The van der Waals surface area contributed by atoms with Crippen molar-refractivity contribution in [2.45, 2.75) is 38.5 Å². The summed E-state index contributed by atoms with van der Waals surface area (Å²) in [6, 6.07) is 16.9. The van der Waals surface area contributed by atoms with Crippen LogP contribution in [0, 0.1) is 0 Å². The number of carbonyl (C=O) groups excluding carboxylic acids is 1. The highest BCUT2D eigenvalue weighted by Crippen LogP contribution is 2.22. The number of nitrogens with zero attached hydrogens (tertiary/aromatic N) is 1. The molecule has 0 fully saturated rings. The van der Waals surface area contributed by atoms with Gasteiger partial charge in [-0.3, -0.25) is 4.79 Å². The van der Waals surface area contributed by atoms with E-state index in [0.29, 0.717) is 35.4 Å². The third kappa shape index (κ3) is 8.02. The lowest BCUT2D eigenvalue weighted by Crippen LogP contribution is -2.32. The van der Waals surface area contributed by atoms with E-state index in [4.69, 9.17) is 28.9 Å². The van der Waals surface area contributed by atoms with Gasteiger partial charge in [-0.25, -0.2) is 4.98 Å². The number of amides is 1. The van der Waals surface area contributed by atoms with Crippen LogP contribution >= 0.6 is 23.2 Å². The van der Waals surface area contributed by atoms with Crippen LogP contribution in [-0.2, 0) is 24.2 Å². The van der Waals surface area contributed by atoms with Gasteiger partial charge in [-0.2, -0.15) is 0 Å². The van der Waals surface area contributed by atoms with E-state index >= 15 is 0 Å². The molecule has 8 heteroatoms. The van der Waals surface area contributed by atoms with Crippen LogP contribution < -0.4 is 16.4 Å². The Hall–Kier alpha value is -2.64. The number of nitrogens with one attached hydrogen (secondary N) is 2. The topological polar surface area (TPSA) is 100 Å². The lowest BCUT2D eigenvalue weighted by atomic mass is 10.0. The van der Waals surface area contributed by atoms with Gasteiger partial charge in [-0.05, 0) is 48.2 Å². The summed E-state index contributed by atoms with van der Waals surface area (Å²) >= 11 is 12.0. The van der Waals surface area contributed by atoms with E-state index in [1.807, 2.05) is 30.3 Å². The number of nitrogen functional groups attached to an aromatic ring is 1. The predicted octanol–water partition coefficient (Wildman–Crippen LogP) is 4.08. The Morgan fingerprint density at radius 1 is 1.06 bits per heavy atom. The van der Waals surface area contributed by atoms with Crippen LogP contribution in [0.3, 0.4) is 0 Å². The molecule has 0 spiro atoms. The fourth-order valence-corrected chi connectivity index (χ4v) is 3.76. The summed E-state index contributed by atoms with van der Waals surface area (Å²) in [7, 11) is 0. The van der Waals surface area contributed by atoms with Crippen molar-refractivity contribution < 1.29 is 9.90 Å². The largest absolute Gasteiger partial charge is 0.387 e. The number of hydrogen-bond donors (Lipinski definition) is 4. The second-order valence-corrected chi connectivity index (χ2v) is 8.88. The zero-order valence-electron chi connectivity index (χ0n) is 18.4. The van der Waals surface area contributed by atoms with Gasteiger partial charge in [0.1, 0.15) is 5.82 Å². The molecule has 0 aliphatic rings. The maximum atomic E-state index is 12.4. The van der Waals surface area contributed by atoms with Gasteiger partial charge in [0.2, 0.25) is 5.91 Å². The molecule has 2 aromatic carbocycles. The number of rotatable bonds is 10. The molecule has 0 unspecified atom stereocenters. The van der Waals surface area contributed by atoms with Gasteiger partial charge in [0.25, 0.3) is 0 Å². The molecule has 0 bridgehead atoms. The molecule has 3 rings (SSSR count). The molecule has 0 saturated carbocycles. The second-order valence-electron chi connectivity index (χ2n) is 8.07. The maximum absolute atomic E-state index is 12.4. The third-order valence-corrected chi connectivity index (χ3v) is 5.96.